The van der Waals surface area contributed by atoms with Crippen molar-refractivity contribution in [3.05, 3.63) is 65.7 Å². The van der Waals surface area contributed by atoms with Crippen LogP contribution in [0.2, 0.25) is 0 Å². The highest BCUT2D eigenvalue weighted by Crippen LogP contribution is 2.15. The lowest BCUT2D eigenvalue weighted by atomic mass is 10.2. The number of hydrogen-bond acceptors (Lipinski definition) is 5. The minimum atomic E-state index is -0.564. The third kappa shape index (κ3) is 7.81. The van der Waals surface area contributed by atoms with Crippen LogP contribution < -0.4 is 10.1 Å². The van der Waals surface area contributed by atoms with E-state index in [0.717, 1.165) is 5.56 Å². The highest BCUT2D eigenvalue weighted by molar-refractivity contribution is 5.89. The number of amides is 1. The molecule has 144 valence electrons. The lowest BCUT2D eigenvalue weighted by molar-refractivity contribution is 0.0433. The smallest absolute Gasteiger partial charge is 0.407 e. The molecule has 27 heavy (non-hydrogen) atoms. The number of nitrogens with one attached hydrogen (secondary N) is 1. The molecule has 6 heteroatoms. The van der Waals surface area contributed by atoms with Crippen molar-refractivity contribution >= 4 is 12.1 Å². The van der Waals surface area contributed by atoms with E-state index in [1.54, 1.807) is 45.0 Å². The number of hydrogen-bond donors (Lipinski definition) is 1. The van der Waals surface area contributed by atoms with Crippen molar-refractivity contribution < 1.29 is 23.8 Å². The van der Waals surface area contributed by atoms with Gasteiger partial charge in [0.25, 0.3) is 0 Å². The van der Waals surface area contributed by atoms with Crippen molar-refractivity contribution in [2.75, 3.05) is 13.2 Å². The van der Waals surface area contributed by atoms with E-state index in [4.69, 9.17) is 14.2 Å². The minimum Gasteiger partial charge on any atom is -0.489 e. The molecule has 1 amide bonds. The summed E-state index contributed by atoms with van der Waals surface area (Å²) in [6, 6.07) is 16.6. The zero-order valence-electron chi connectivity index (χ0n) is 15.9. The summed E-state index contributed by atoms with van der Waals surface area (Å²) in [4.78, 5) is 23.5. The van der Waals surface area contributed by atoms with Crippen molar-refractivity contribution in [1.82, 2.24) is 5.32 Å². The van der Waals surface area contributed by atoms with Crippen LogP contribution in [0, 0.1) is 0 Å². The Balaban J connectivity index is 1.71. The van der Waals surface area contributed by atoms with Crippen LogP contribution in [0.4, 0.5) is 4.79 Å². The summed E-state index contributed by atoms with van der Waals surface area (Å²) in [7, 11) is 0. The van der Waals surface area contributed by atoms with Gasteiger partial charge in [0.1, 0.15) is 24.6 Å². The molecule has 0 aliphatic carbocycles. The monoisotopic (exact) mass is 371 g/mol. The van der Waals surface area contributed by atoms with E-state index in [2.05, 4.69) is 5.32 Å². The van der Waals surface area contributed by atoms with Crippen LogP contribution in [0.1, 0.15) is 36.7 Å². The van der Waals surface area contributed by atoms with Crippen LogP contribution in [0.25, 0.3) is 0 Å². The summed E-state index contributed by atoms with van der Waals surface area (Å²) in [5, 5.41) is 2.53. The third-order valence-corrected chi connectivity index (χ3v) is 3.34. The summed E-state index contributed by atoms with van der Waals surface area (Å²) in [5.41, 5.74) is 0.920. The number of benzene rings is 2. The molecule has 0 radical (unpaired) electrons. The molecule has 6 nitrogen and oxygen atoms in total. The zero-order chi connectivity index (χ0) is 19.7. The van der Waals surface area contributed by atoms with Crippen molar-refractivity contribution in [2.45, 2.75) is 33.0 Å². The van der Waals surface area contributed by atoms with Crippen molar-refractivity contribution in [1.29, 1.82) is 0 Å². The van der Waals surface area contributed by atoms with E-state index in [0.29, 0.717) is 17.9 Å². The molecule has 0 atom stereocenters. The quantitative estimate of drug-likeness (QED) is 0.589. The Morgan fingerprint density at radius 3 is 2.26 bits per heavy atom. The average Bonchev–Trinajstić information content (AvgIpc) is 2.63. The summed E-state index contributed by atoms with van der Waals surface area (Å²) < 4.78 is 15.9. The van der Waals surface area contributed by atoms with E-state index >= 15 is 0 Å². The van der Waals surface area contributed by atoms with Crippen LogP contribution in [0.15, 0.2) is 54.6 Å². The first-order chi connectivity index (χ1) is 12.8. The summed E-state index contributed by atoms with van der Waals surface area (Å²) in [6.45, 7) is 6.03. The SMILES string of the molecule is CC(C)(C)OC(=O)NCCOC(=O)c1ccc(OCc2ccccc2)cc1. The predicted octanol–water partition coefficient (Wildman–Crippen LogP) is 3.95. The van der Waals surface area contributed by atoms with Gasteiger partial charge >= 0.3 is 12.1 Å². The van der Waals surface area contributed by atoms with Crippen molar-refractivity contribution in [2.24, 2.45) is 0 Å². The first-order valence-electron chi connectivity index (χ1n) is 8.74. The second-order valence-corrected chi connectivity index (χ2v) is 6.86. The molecule has 0 aliphatic heterocycles. The lowest BCUT2D eigenvalue weighted by Gasteiger charge is -2.19. The molecule has 2 aromatic carbocycles. The van der Waals surface area contributed by atoms with Gasteiger partial charge in [0.2, 0.25) is 0 Å². The maximum Gasteiger partial charge on any atom is 0.407 e. The molecule has 0 aliphatic rings. The largest absolute Gasteiger partial charge is 0.489 e. The summed E-state index contributed by atoms with van der Waals surface area (Å²) >= 11 is 0. The molecule has 1 N–H and O–H groups in total. The molecule has 0 bridgehead atoms. The topological polar surface area (TPSA) is 73.9 Å². The van der Waals surface area contributed by atoms with Crippen molar-refractivity contribution in [3.8, 4) is 5.75 Å². The van der Waals surface area contributed by atoms with E-state index in [1.807, 2.05) is 30.3 Å². The van der Waals surface area contributed by atoms with Gasteiger partial charge in [-0.15, -0.1) is 0 Å². The van der Waals surface area contributed by atoms with Gasteiger partial charge in [0.05, 0.1) is 12.1 Å². The number of ether oxygens (including phenoxy) is 3. The third-order valence-electron chi connectivity index (χ3n) is 3.34. The molecular formula is C21H25NO5. The number of alkyl carbamates (subject to hydrolysis) is 1. The van der Waals surface area contributed by atoms with E-state index in [-0.39, 0.29) is 13.2 Å². The Morgan fingerprint density at radius 2 is 1.63 bits per heavy atom. The Hall–Kier alpha value is -3.02. The minimum absolute atomic E-state index is 0.0599. The van der Waals surface area contributed by atoms with Crippen LogP contribution >= 0.6 is 0 Å². The van der Waals surface area contributed by atoms with Gasteiger partial charge in [0, 0.05) is 0 Å². The van der Waals surface area contributed by atoms with E-state index in [9.17, 15) is 9.59 Å². The first kappa shape index (κ1) is 20.3. The highest BCUT2D eigenvalue weighted by atomic mass is 16.6. The fourth-order valence-corrected chi connectivity index (χ4v) is 2.12. The number of carbonyl (C=O) groups is 2. The molecule has 0 heterocycles. The van der Waals surface area contributed by atoms with Crippen LogP contribution in [-0.4, -0.2) is 30.8 Å². The molecule has 2 aromatic rings. The fourth-order valence-electron chi connectivity index (χ4n) is 2.12. The molecule has 0 saturated carbocycles. The summed E-state index contributed by atoms with van der Waals surface area (Å²) in [5.74, 6) is 0.206. The van der Waals surface area contributed by atoms with Gasteiger partial charge in [-0.3, -0.25) is 0 Å². The highest BCUT2D eigenvalue weighted by Gasteiger charge is 2.15. The van der Waals surface area contributed by atoms with Gasteiger partial charge in [-0.1, -0.05) is 30.3 Å². The van der Waals surface area contributed by atoms with Gasteiger partial charge < -0.3 is 19.5 Å². The Labute approximate surface area is 159 Å². The second-order valence-electron chi connectivity index (χ2n) is 6.86. The molecule has 0 aromatic heterocycles. The van der Waals surface area contributed by atoms with E-state index in [1.165, 1.54) is 0 Å². The molecular weight excluding hydrogens is 346 g/mol. The predicted molar refractivity (Wildman–Crippen MR) is 102 cm³/mol. The zero-order valence-corrected chi connectivity index (χ0v) is 15.9. The molecule has 0 unspecified atom stereocenters. The summed E-state index contributed by atoms with van der Waals surface area (Å²) in [6.07, 6.45) is -0.543. The molecule has 0 spiro atoms. The van der Waals surface area contributed by atoms with Gasteiger partial charge in [-0.05, 0) is 50.6 Å². The van der Waals surface area contributed by atoms with Crippen LogP contribution in [-0.2, 0) is 16.1 Å². The number of rotatable bonds is 7. The average molecular weight is 371 g/mol. The normalized spacial score (nSPS) is 10.8. The van der Waals surface area contributed by atoms with Crippen LogP contribution in [0.3, 0.4) is 0 Å². The fraction of sp³-hybridized carbons (Fsp3) is 0.333. The Kier molecular flexibility index (Phi) is 7.23. The van der Waals surface area contributed by atoms with Crippen LogP contribution in [0.5, 0.6) is 5.75 Å². The maximum atomic E-state index is 12.0. The first-order valence-corrected chi connectivity index (χ1v) is 8.74. The van der Waals surface area contributed by atoms with Gasteiger partial charge in [-0.25, -0.2) is 9.59 Å². The Morgan fingerprint density at radius 1 is 0.963 bits per heavy atom. The lowest BCUT2D eigenvalue weighted by Crippen LogP contribution is -2.34. The van der Waals surface area contributed by atoms with Gasteiger partial charge in [-0.2, -0.15) is 0 Å². The second kappa shape index (κ2) is 9.62. The van der Waals surface area contributed by atoms with E-state index < -0.39 is 17.7 Å². The molecule has 0 saturated heterocycles. The Bertz CT molecular complexity index is 735. The van der Waals surface area contributed by atoms with Gasteiger partial charge in [0.15, 0.2) is 0 Å². The molecule has 2 rings (SSSR count). The number of carbonyl (C=O) groups excluding carboxylic acids is 2. The number of esters is 1. The standard InChI is InChI=1S/C21H25NO5/c1-21(2,3)27-20(24)22-13-14-25-19(23)17-9-11-18(12-10-17)26-15-16-7-5-4-6-8-16/h4-12H,13-15H2,1-3H3,(H,22,24). The molecule has 0 fully saturated rings. The maximum absolute atomic E-state index is 12.0. The van der Waals surface area contributed by atoms with Crippen molar-refractivity contribution in [3.63, 3.8) is 0 Å².